The number of hydrogen-bond acceptors (Lipinski definition) is 4. The standard InChI is InChI=1S/C27H31NO4/c1-17-20-14-24-25(32-11-10-31-24)15-23(20)27(8-3-4-9-27)16-28(17)26(29)22-13-21(22)18-6-5-7-19(12-18)30-2/h5-7,12,14-15,17,21-22H,3-4,8-11,13,16H2,1-2H3. The highest BCUT2D eigenvalue weighted by atomic mass is 16.6. The number of methoxy groups -OCH3 is 1. The van der Waals surface area contributed by atoms with E-state index in [4.69, 9.17) is 14.2 Å². The van der Waals surface area contributed by atoms with Crippen LogP contribution in [0.15, 0.2) is 36.4 Å². The van der Waals surface area contributed by atoms with E-state index >= 15 is 0 Å². The van der Waals surface area contributed by atoms with Gasteiger partial charge in [0.2, 0.25) is 5.91 Å². The Morgan fingerprint density at radius 2 is 1.84 bits per heavy atom. The lowest BCUT2D eigenvalue weighted by atomic mass is 9.71. The SMILES string of the molecule is COc1cccc(C2CC2C(=O)N2CC3(CCCC3)c3cc4c(cc3C2C)OCCO4)c1. The van der Waals surface area contributed by atoms with Gasteiger partial charge in [-0.05, 0) is 73.1 Å². The highest BCUT2D eigenvalue weighted by Crippen LogP contribution is 2.55. The van der Waals surface area contributed by atoms with Crippen molar-refractivity contribution in [1.82, 2.24) is 4.90 Å². The summed E-state index contributed by atoms with van der Waals surface area (Å²) in [5.41, 5.74) is 3.89. The third kappa shape index (κ3) is 3.08. The van der Waals surface area contributed by atoms with E-state index in [0.717, 1.165) is 43.1 Å². The molecule has 2 saturated carbocycles. The van der Waals surface area contributed by atoms with Gasteiger partial charge in [0.15, 0.2) is 11.5 Å². The second-order valence-electron chi connectivity index (χ2n) is 9.94. The third-order valence-electron chi connectivity index (χ3n) is 8.15. The van der Waals surface area contributed by atoms with Crippen molar-refractivity contribution in [3.8, 4) is 17.2 Å². The number of hydrogen-bond donors (Lipinski definition) is 0. The first-order valence-corrected chi connectivity index (χ1v) is 12.0. The molecule has 2 aromatic carbocycles. The van der Waals surface area contributed by atoms with Crippen LogP contribution >= 0.6 is 0 Å². The number of benzene rings is 2. The lowest BCUT2D eigenvalue weighted by Crippen LogP contribution is -2.49. The molecule has 2 heterocycles. The van der Waals surface area contributed by atoms with Gasteiger partial charge in [-0.15, -0.1) is 0 Å². The molecule has 1 amide bonds. The Hall–Kier alpha value is -2.69. The molecule has 32 heavy (non-hydrogen) atoms. The van der Waals surface area contributed by atoms with Crippen LogP contribution in [-0.2, 0) is 10.2 Å². The molecule has 5 heteroatoms. The van der Waals surface area contributed by atoms with Crippen LogP contribution in [0, 0.1) is 5.92 Å². The fourth-order valence-electron chi connectivity index (χ4n) is 6.29. The van der Waals surface area contributed by atoms with Crippen LogP contribution in [-0.4, -0.2) is 37.7 Å². The minimum Gasteiger partial charge on any atom is -0.497 e. The van der Waals surface area contributed by atoms with Crippen LogP contribution in [0.3, 0.4) is 0 Å². The van der Waals surface area contributed by atoms with Gasteiger partial charge in [0.05, 0.1) is 13.2 Å². The maximum Gasteiger partial charge on any atom is 0.226 e. The van der Waals surface area contributed by atoms with Crippen LogP contribution in [0.1, 0.15) is 67.7 Å². The first-order valence-electron chi connectivity index (χ1n) is 12.0. The summed E-state index contributed by atoms with van der Waals surface area (Å²) in [4.78, 5) is 16.0. The lowest BCUT2D eigenvalue weighted by molar-refractivity contribution is -0.136. The van der Waals surface area contributed by atoms with E-state index in [1.165, 1.54) is 29.5 Å². The van der Waals surface area contributed by atoms with Gasteiger partial charge < -0.3 is 19.1 Å². The maximum atomic E-state index is 13.8. The monoisotopic (exact) mass is 433 g/mol. The molecule has 5 nitrogen and oxygen atoms in total. The smallest absolute Gasteiger partial charge is 0.226 e. The molecule has 168 valence electrons. The van der Waals surface area contributed by atoms with Gasteiger partial charge in [0, 0.05) is 17.9 Å². The molecule has 0 saturated heterocycles. The largest absolute Gasteiger partial charge is 0.497 e. The van der Waals surface area contributed by atoms with Gasteiger partial charge in [-0.25, -0.2) is 0 Å². The second kappa shape index (κ2) is 7.43. The predicted octanol–water partition coefficient (Wildman–Crippen LogP) is 4.99. The van der Waals surface area contributed by atoms with Crippen molar-refractivity contribution in [2.24, 2.45) is 5.92 Å². The summed E-state index contributed by atoms with van der Waals surface area (Å²) >= 11 is 0. The van der Waals surface area contributed by atoms with Gasteiger partial charge >= 0.3 is 0 Å². The van der Waals surface area contributed by atoms with Gasteiger partial charge in [0.25, 0.3) is 0 Å². The molecule has 3 unspecified atom stereocenters. The molecular formula is C27H31NO4. The van der Waals surface area contributed by atoms with E-state index in [1.54, 1.807) is 7.11 Å². The van der Waals surface area contributed by atoms with Gasteiger partial charge in [-0.1, -0.05) is 25.0 Å². The van der Waals surface area contributed by atoms with Crippen molar-refractivity contribution in [2.75, 3.05) is 26.9 Å². The summed E-state index contributed by atoms with van der Waals surface area (Å²) in [6, 6.07) is 12.6. The molecule has 2 aromatic rings. The van der Waals surface area contributed by atoms with Crippen molar-refractivity contribution >= 4 is 5.91 Å². The van der Waals surface area contributed by atoms with Crippen molar-refractivity contribution in [1.29, 1.82) is 0 Å². The fourth-order valence-corrected chi connectivity index (χ4v) is 6.29. The summed E-state index contributed by atoms with van der Waals surface area (Å²) < 4.78 is 17.2. The number of fused-ring (bicyclic) bond motifs is 3. The normalized spacial score (nSPS) is 27.2. The molecule has 0 aromatic heterocycles. The highest BCUT2D eigenvalue weighted by molar-refractivity contribution is 5.84. The highest BCUT2D eigenvalue weighted by Gasteiger charge is 2.51. The lowest BCUT2D eigenvalue weighted by Gasteiger charge is -2.46. The summed E-state index contributed by atoms with van der Waals surface area (Å²) in [5, 5.41) is 0. The van der Waals surface area contributed by atoms with Crippen LogP contribution < -0.4 is 14.2 Å². The number of carbonyl (C=O) groups excluding carboxylic acids is 1. The van der Waals surface area contributed by atoms with Crippen LogP contribution in [0.4, 0.5) is 0 Å². The molecule has 6 rings (SSSR count). The fraction of sp³-hybridized carbons (Fsp3) is 0.519. The quantitative estimate of drug-likeness (QED) is 0.685. The number of amides is 1. The van der Waals surface area contributed by atoms with E-state index in [-0.39, 0.29) is 17.4 Å². The molecule has 2 aliphatic heterocycles. The summed E-state index contributed by atoms with van der Waals surface area (Å²) in [6.45, 7) is 4.18. The minimum absolute atomic E-state index is 0.0473. The zero-order valence-electron chi connectivity index (χ0n) is 18.9. The Morgan fingerprint density at radius 3 is 2.59 bits per heavy atom. The first-order chi connectivity index (χ1) is 15.6. The Labute approximate surface area is 189 Å². The van der Waals surface area contributed by atoms with E-state index in [1.807, 2.05) is 12.1 Å². The Kier molecular flexibility index (Phi) is 4.63. The summed E-state index contributed by atoms with van der Waals surface area (Å²) in [5.74, 6) is 3.22. The molecule has 2 fully saturated rings. The molecule has 0 N–H and O–H groups in total. The molecule has 1 spiro atoms. The molecular weight excluding hydrogens is 402 g/mol. The van der Waals surface area contributed by atoms with E-state index < -0.39 is 0 Å². The van der Waals surface area contributed by atoms with E-state index in [0.29, 0.717) is 25.0 Å². The van der Waals surface area contributed by atoms with E-state index in [9.17, 15) is 4.79 Å². The van der Waals surface area contributed by atoms with Crippen molar-refractivity contribution in [2.45, 2.75) is 56.4 Å². The summed E-state index contributed by atoms with van der Waals surface area (Å²) in [7, 11) is 1.69. The van der Waals surface area contributed by atoms with Crippen LogP contribution in [0.5, 0.6) is 17.2 Å². The minimum atomic E-state index is 0.0473. The number of carbonyl (C=O) groups is 1. The van der Waals surface area contributed by atoms with Crippen molar-refractivity contribution in [3.63, 3.8) is 0 Å². The first kappa shape index (κ1) is 20.0. The average molecular weight is 434 g/mol. The number of ether oxygens (including phenoxy) is 3. The summed E-state index contributed by atoms with van der Waals surface area (Å²) in [6.07, 6.45) is 5.65. The van der Waals surface area contributed by atoms with Gasteiger partial charge in [0.1, 0.15) is 19.0 Å². The number of nitrogens with zero attached hydrogens (tertiary/aromatic N) is 1. The van der Waals surface area contributed by atoms with Crippen LogP contribution in [0.2, 0.25) is 0 Å². The van der Waals surface area contributed by atoms with Crippen LogP contribution in [0.25, 0.3) is 0 Å². The Morgan fingerprint density at radius 1 is 1.09 bits per heavy atom. The molecule has 3 atom stereocenters. The van der Waals surface area contributed by atoms with Gasteiger partial charge in [-0.2, -0.15) is 0 Å². The van der Waals surface area contributed by atoms with E-state index in [2.05, 4.69) is 36.1 Å². The number of rotatable bonds is 3. The zero-order valence-corrected chi connectivity index (χ0v) is 18.9. The molecule has 2 aliphatic carbocycles. The Balaban J connectivity index is 1.32. The Bertz CT molecular complexity index is 1060. The molecule has 4 aliphatic rings. The van der Waals surface area contributed by atoms with Crippen molar-refractivity contribution < 1.29 is 19.0 Å². The maximum absolute atomic E-state index is 13.8. The van der Waals surface area contributed by atoms with Gasteiger partial charge in [-0.3, -0.25) is 4.79 Å². The molecule has 0 bridgehead atoms. The average Bonchev–Trinajstić information content (AvgIpc) is 3.51. The topological polar surface area (TPSA) is 48.0 Å². The third-order valence-corrected chi connectivity index (χ3v) is 8.15. The second-order valence-corrected chi connectivity index (χ2v) is 9.94. The van der Waals surface area contributed by atoms with Crippen molar-refractivity contribution in [3.05, 3.63) is 53.1 Å². The molecule has 0 radical (unpaired) electrons. The zero-order chi connectivity index (χ0) is 21.9. The predicted molar refractivity (Wildman–Crippen MR) is 122 cm³/mol.